The molecule has 0 aliphatic rings. The third-order valence-corrected chi connectivity index (χ3v) is 4.10. The number of hydrogen-bond donors (Lipinski definition) is 1. The Morgan fingerprint density at radius 1 is 1.33 bits per heavy atom. The summed E-state index contributed by atoms with van der Waals surface area (Å²) in [7, 11) is 0. The van der Waals surface area contributed by atoms with Gasteiger partial charge in [-0.15, -0.1) is 11.3 Å². The summed E-state index contributed by atoms with van der Waals surface area (Å²) in [6, 6.07) is 5.78. The van der Waals surface area contributed by atoms with Gasteiger partial charge in [-0.2, -0.15) is 0 Å². The normalized spacial score (nSPS) is 12.5. The summed E-state index contributed by atoms with van der Waals surface area (Å²) in [6.45, 7) is 2.51. The van der Waals surface area contributed by atoms with Crippen molar-refractivity contribution in [2.24, 2.45) is 0 Å². The van der Waals surface area contributed by atoms with Crippen molar-refractivity contribution in [2.75, 3.05) is 0 Å². The lowest BCUT2D eigenvalue weighted by molar-refractivity contribution is 0.205. The molecule has 3 aromatic rings. The van der Waals surface area contributed by atoms with Gasteiger partial charge in [0.15, 0.2) is 0 Å². The molecule has 0 aliphatic heterocycles. The lowest BCUT2D eigenvalue weighted by Crippen LogP contribution is -2.10. The van der Waals surface area contributed by atoms with Crippen LogP contribution in [0, 0.1) is 12.7 Å². The van der Waals surface area contributed by atoms with Crippen LogP contribution in [0.5, 0.6) is 0 Å². The van der Waals surface area contributed by atoms with Crippen molar-refractivity contribution in [2.45, 2.75) is 19.6 Å². The molecule has 6 heteroatoms. The van der Waals surface area contributed by atoms with Gasteiger partial charge in [-0.3, -0.25) is 0 Å². The molecule has 0 radical (unpaired) electrons. The van der Waals surface area contributed by atoms with Crippen LogP contribution in [0.3, 0.4) is 0 Å². The second kappa shape index (κ2) is 5.75. The summed E-state index contributed by atoms with van der Waals surface area (Å²) < 4.78 is 14.8. The predicted molar refractivity (Wildman–Crippen MR) is 78.6 cm³/mol. The summed E-state index contributed by atoms with van der Waals surface area (Å²) in [5.74, 6) is 0.196. The maximum atomic E-state index is 13.0. The number of halogens is 1. The van der Waals surface area contributed by atoms with Gasteiger partial charge < -0.3 is 9.67 Å². The first-order valence-corrected chi connectivity index (χ1v) is 7.37. The summed E-state index contributed by atoms with van der Waals surface area (Å²) in [4.78, 5) is 8.62. The second-order valence-corrected chi connectivity index (χ2v) is 5.69. The quantitative estimate of drug-likeness (QED) is 0.806. The molecule has 1 atom stereocenters. The lowest BCUT2D eigenvalue weighted by atomic mass is 10.1. The molecule has 3 rings (SSSR count). The van der Waals surface area contributed by atoms with Crippen LogP contribution in [-0.2, 0) is 6.54 Å². The van der Waals surface area contributed by atoms with Crippen LogP contribution in [0.1, 0.15) is 28.2 Å². The van der Waals surface area contributed by atoms with Crippen LogP contribution in [-0.4, -0.2) is 19.6 Å². The highest BCUT2D eigenvalue weighted by Gasteiger charge is 2.17. The van der Waals surface area contributed by atoms with Gasteiger partial charge in [-0.25, -0.2) is 14.4 Å². The van der Waals surface area contributed by atoms with E-state index in [9.17, 15) is 9.50 Å². The number of aliphatic hydroxyl groups is 1. The molecule has 0 saturated heterocycles. The number of rotatable bonds is 4. The smallest absolute Gasteiger partial charge is 0.142 e. The van der Waals surface area contributed by atoms with Gasteiger partial charge in [0.25, 0.3) is 0 Å². The van der Waals surface area contributed by atoms with Crippen molar-refractivity contribution in [1.82, 2.24) is 14.5 Å². The zero-order valence-corrected chi connectivity index (χ0v) is 12.2. The third kappa shape index (κ3) is 3.01. The molecule has 0 unspecified atom stereocenters. The van der Waals surface area contributed by atoms with E-state index in [-0.39, 0.29) is 5.82 Å². The maximum Gasteiger partial charge on any atom is 0.142 e. The Labute approximate surface area is 125 Å². The minimum absolute atomic E-state index is 0.326. The number of aliphatic hydroxyl groups excluding tert-OH is 1. The zero-order valence-electron chi connectivity index (χ0n) is 11.4. The number of imidazole rings is 1. The Bertz CT molecular complexity index is 735. The van der Waals surface area contributed by atoms with Gasteiger partial charge in [-0.1, -0.05) is 12.1 Å². The molecule has 0 aliphatic carbocycles. The van der Waals surface area contributed by atoms with Crippen molar-refractivity contribution in [3.8, 4) is 0 Å². The van der Waals surface area contributed by atoms with Crippen LogP contribution >= 0.6 is 11.3 Å². The second-order valence-electron chi connectivity index (χ2n) is 4.75. The van der Waals surface area contributed by atoms with Crippen LogP contribution < -0.4 is 0 Å². The fourth-order valence-corrected chi connectivity index (χ4v) is 2.89. The van der Waals surface area contributed by atoms with E-state index in [1.54, 1.807) is 35.9 Å². The fraction of sp³-hybridized carbons (Fsp3) is 0.200. The molecule has 4 nitrogen and oxygen atoms in total. The van der Waals surface area contributed by atoms with E-state index in [2.05, 4.69) is 9.97 Å². The van der Waals surface area contributed by atoms with Gasteiger partial charge in [0.05, 0.1) is 6.54 Å². The van der Waals surface area contributed by atoms with E-state index in [1.165, 1.54) is 12.1 Å². The molecule has 1 N–H and O–H groups in total. The summed E-state index contributed by atoms with van der Waals surface area (Å²) in [5, 5.41) is 13.4. The molecule has 1 aromatic carbocycles. The molecule has 108 valence electrons. The predicted octanol–water partition coefficient (Wildman–Crippen LogP) is 2.92. The standard InChI is InChI=1S/C15H14FN3OS/c1-10-9-21-13(18-10)8-19-7-6-17-15(19)14(20)11-2-4-12(16)5-3-11/h2-7,9,14,20H,8H2,1H3/t14-/m0/s1. The molecule has 0 amide bonds. The van der Waals surface area contributed by atoms with Crippen molar-refractivity contribution in [1.29, 1.82) is 0 Å². The van der Waals surface area contributed by atoms with Gasteiger partial charge in [-0.05, 0) is 24.6 Å². The first-order valence-electron chi connectivity index (χ1n) is 6.49. The highest BCUT2D eigenvalue weighted by atomic mass is 32.1. The third-order valence-electron chi connectivity index (χ3n) is 3.15. The van der Waals surface area contributed by atoms with E-state index in [0.29, 0.717) is 17.9 Å². The summed E-state index contributed by atoms with van der Waals surface area (Å²) in [6.07, 6.45) is 2.56. The Hall–Kier alpha value is -2.05. The summed E-state index contributed by atoms with van der Waals surface area (Å²) >= 11 is 1.58. The van der Waals surface area contributed by atoms with Crippen molar-refractivity contribution < 1.29 is 9.50 Å². The largest absolute Gasteiger partial charge is 0.380 e. The first kappa shape index (κ1) is 13.9. The molecule has 21 heavy (non-hydrogen) atoms. The van der Waals surface area contributed by atoms with E-state index >= 15 is 0 Å². The molecule has 0 spiro atoms. The number of aromatic nitrogens is 3. The average Bonchev–Trinajstić information content (AvgIpc) is 3.09. The van der Waals surface area contributed by atoms with E-state index in [4.69, 9.17) is 0 Å². The first-order chi connectivity index (χ1) is 10.1. The molecular weight excluding hydrogens is 289 g/mol. The van der Waals surface area contributed by atoms with Crippen molar-refractivity contribution >= 4 is 11.3 Å². The number of thiazole rings is 1. The summed E-state index contributed by atoms with van der Waals surface area (Å²) in [5.41, 5.74) is 1.59. The maximum absolute atomic E-state index is 13.0. The van der Waals surface area contributed by atoms with Crippen LogP contribution in [0.25, 0.3) is 0 Å². The molecular formula is C15H14FN3OS. The van der Waals surface area contributed by atoms with E-state index < -0.39 is 6.10 Å². The Balaban J connectivity index is 1.86. The Morgan fingerprint density at radius 3 is 2.76 bits per heavy atom. The van der Waals surface area contributed by atoms with Crippen molar-refractivity contribution in [3.63, 3.8) is 0 Å². The number of hydrogen-bond acceptors (Lipinski definition) is 4. The van der Waals surface area contributed by atoms with E-state index in [1.807, 2.05) is 16.9 Å². The van der Waals surface area contributed by atoms with Gasteiger partial charge in [0.2, 0.25) is 0 Å². The minimum Gasteiger partial charge on any atom is -0.380 e. The van der Waals surface area contributed by atoms with Gasteiger partial charge in [0.1, 0.15) is 22.8 Å². The highest BCUT2D eigenvalue weighted by Crippen LogP contribution is 2.22. The van der Waals surface area contributed by atoms with E-state index in [0.717, 1.165) is 10.7 Å². The lowest BCUT2D eigenvalue weighted by Gasteiger charge is -2.13. The molecule has 0 saturated carbocycles. The molecule has 2 aromatic heterocycles. The number of benzene rings is 1. The Morgan fingerprint density at radius 2 is 2.10 bits per heavy atom. The van der Waals surface area contributed by atoms with Crippen LogP contribution in [0.2, 0.25) is 0 Å². The molecule has 0 bridgehead atoms. The number of nitrogens with zero attached hydrogens (tertiary/aromatic N) is 3. The van der Waals surface area contributed by atoms with Crippen LogP contribution in [0.4, 0.5) is 4.39 Å². The average molecular weight is 303 g/mol. The zero-order chi connectivity index (χ0) is 14.8. The Kier molecular flexibility index (Phi) is 3.81. The SMILES string of the molecule is Cc1csc(Cn2ccnc2[C@@H](O)c2ccc(F)cc2)n1. The van der Waals surface area contributed by atoms with Crippen molar-refractivity contribution in [3.05, 3.63) is 69.9 Å². The van der Waals surface area contributed by atoms with Gasteiger partial charge in [0, 0.05) is 23.5 Å². The minimum atomic E-state index is -0.887. The molecule has 0 fully saturated rings. The highest BCUT2D eigenvalue weighted by molar-refractivity contribution is 7.09. The number of aryl methyl sites for hydroxylation is 1. The van der Waals surface area contributed by atoms with Gasteiger partial charge >= 0.3 is 0 Å². The fourth-order valence-electron chi connectivity index (χ4n) is 2.12. The molecule has 2 heterocycles. The monoisotopic (exact) mass is 303 g/mol. The topological polar surface area (TPSA) is 50.9 Å². The van der Waals surface area contributed by atoms with Crippen LogP contribution in [0.15, 0.2) is 42.0 Å².